The Morgan fingerprint density at radius 2 is 2.33 bits per heavy atom. The first-order chi connectivity index (χ1) is 4.38. The molecule has 1 aromatic heterocycles. The maximum atomic E-state index is 4.93. The van der Waals surface area contributed by atoms with Gasteiger partial charge in [0.1, 0.15) is 0 Å². The first-order valence-corrected chi connectivity index (χ1v) is 3.48. The van der Waals surface area contributed by atoms with E-state index in [0.29, 0.717) is 4.71 Å². The van der Waals surface area contributed by atoms with E-state index in [4.69, 9.17) is 16.7 Å². The van der Waals surface area contributed by atoms with E-state index in [-0.39, 0.29) is 0 Å². The van der Waals surface area contributed by atoms with Gasteiger partial charge in [0.05, 0.1) is 5.69 Å². The zero-order chi connectivity index (χ0) is 6.27. The van der Waals surface area contributed by atoms with Crippen molar-refractivity contribution in [3.05, 3.63) is 16.0 Å². The standard InChI is InChI=1S/C6H7NOS/c9-6-4-2-1-3-5(4)7-8-6/h7H,1-3H2. The highest BCUT2D eigenvalue weighted by Gasteiger charge is 2.14. The Morgan fingerprint density at radius 1 is 1.44 bits per heavy atom. The van der Waals surface area contributed by atoms with Gasteiger partial charge in [0, 0.05) is 5.56 Å². The topological polar surface area (TPSA) is 28.9 Å². The van der Waals surface area contributed by atoms with Crippen molar-refractivity contribution in [2.75, 3.05) is 0 Å². The molecule has 0 saturated heterocycles. The minimum atomic E-state index is 0.655. The maximum Gasteiger partial charge on any atom is 0.223 e. The molecule has 1 heterocycles. The second-order valence-electron chi connectivity index (χ2n) is 2.30. The van der Waals surface area contributed by atoms with Crippen LogP contribution >= 0.6 is 12.2 Å². The van der Waals surface area contributed by atoms with E-state index in [1.165, 1.54) is 17.7 Å². The molecule has 0 saturated carbocycles. The Bertz CT molecular complexity index is 273. The summed E-state index contributed by atoms with van der Waals surface area (Å²) >= 11 is 4.91. The molecule has 9 heavy (non-hydrogen) atoms. The van der Waals surface area contributed by atoms with Crippen LogP contribution in [0.1, 0.15) is 17.7 Å². The Hall–Kier alpha value is -0.570. The first-order valence-electron chi connectivity index (χ1n) is 3.07. The molecule has 1 N–H and O–H groups in total. The molecular weight excluding hydrogens is 134 g/mol. The van der Waals surface area contributed by atoms with E-state index in [1.54, 1.807) is 0 Å². The van der Waals surface area contributed by atoms with Crippen molar-refractivity contribution in [3.8, 4) is 0 Å². The fourth-order valence-corrected chi connectivity index (χ4v) is 1.52. The van der Waals surface area contributed by atoms with Gasteiger partial charge in [0.15, 0.2) is 0 Å². The monoisotopic (exact) mass is 141 g/mol. The highest BCUT2D eigenvalue weighted by atomic mass is 32.1. The van der Waals surface area contributed by atoms with Crippen molar-refractivity contribution in [3.63, 3.8) is 0 Å². The van der Waals surface area contributed by atoms with Crippen molar-refractivity contribution < 1.29 is 4.52 Å². The number of rotatable bonds is 0. The molecule has 0 aromatic carbocycles. The number of hydrogen-bond acceptors (Lipinski definition) is 2. The van der Waals surface area contributed by atoms with Gasteiger partial charge in [-0.05, 0) is 31.5 Å². The Balaban J connectivity index is 2.70. The smallest absolute Gasteiger partial charge is 0.223 e. The van der Waals surface area contributed by atoms with Crippen LogP contribution in [0, 0.1) is 4.71 Å². The summed E-state index contributed by atoms with van der Waals surface area (Å²) in [4.78, 5) is 0. The fraction of sp³-hybridized carbons (Fsp3) is 0.500. The van der Waals surface area contributed by atoms with Crippen molar-refractivity contribution in [1.82, 2.24) is 5.16 Å². The summed E-state index contributed by atoms with van der Waals surface area (Å²) in [6, 6.07) is 0. The lowest BCUT2D eigenvalue weighted by Crippen LogP contribution is -1.73. The molecule has 0 fully saturated rings. The average Bonchev–Trinajstić information content (AvgIpc) is 2.35. The van der Waals surface area contributed by atoms with Crippen LogP contribution in [0.5, 0.6) is 0 Å². The van der Waals surface area contributed by atoms with Crippen LogP contribution in [0.25, 0.3) is 0 Å². The van der Waals surface area contributed by atoms with Gasteiger partial charge in [0.25, 0.3) is 0 Å². The van der Waals surface area contributed by atoms with E-state index in [0.717, 1.165) is 12.8 Å². The number of hydrogen-bond donors (Lipinski definition) is 1. The van der Waals surface area contributed by atoms with Crippen LogP contribution in [0.4, 0.5) is 0 Å². The van der Waals surface area contributed by atoms with Gasteiger partial charge in [-0.25, -0.2) is 5.16 Å². The van der Waals surface area contributed by atoms with Gasteiger partial charge < -0.3 is 4.52 Å². The molecule has 0 spiro atoms. The molecule has 2 rings (SSSR count). The summed E-state index contributed by atoms with van der Waals surface area (Å²) in [5.74, 6) is 0. The summed E-state index contributed by atoms with van der Waals surface area (Å²) < 4.78 is 5.58. The molecule has 1 aromatic rings. The van der Waals surface area contributed by atoms with Gasteiger partial charge in [-0.1, -0.05) is 0 Å². The fourth-order valence-electron chi connectivity index (χ4n) is 1.25. The van der Waals surface area contributed by atoms with Crippen LogP contribution in [0.15, 0.2) is 4.52 Å². The molecule has 1 aliphatic carbocycles. The molecule has 0 bridgehead atoms. The third kappa shape index (κ3) is 0.645. The average molecular weight is 141 g/mol. The third-order valence-electron chi connectivity index (χ3n) is 1.73. The third-order valence-corrected chi connectivity index (χ3v) is 2.06. The lowest BCUT2D eigenvalue weighted by atomic mass is 10.3. The molecule has 48 valence electrons. The summed E-state index contributed by atoms with van der Waals surface area (Å²) in [5.41, 5.74) is 2.44. The van der Waals surface area contributed by atoms with Crippen molar-refractivity contribution in [2.45, 2.75) is 19.3 Å². The van der Waals surface area contributed by atoms with E-state index >= 15 is 0 Å². The first kappa shape index (κ1) is 5.23. The predicted molar refractivity (Wildman–Crippen MR) is 35.9 cm³/mol. The minimum absolute atomic E-state index is 0.655. The number of H-pyrrole nitrogens is 1. The SMILES string of the molecule is S=c1o[nH]c2c1CCC2. The van der Waals surface area contributed by atoms with Gasteiger partial charge in [-0.15, -0.1) is 0 Å². The molecule has 0 radical (unpaired) electrons. The molecule has 0 aliphatic heterocycles. The summed E-state index contributed by atoms with van der Waals surface area (Å²) in [7, 11) is 0. The molecule has 0 atom stereocenters. The number of aromatic nitrogens is 1. The molecule has 2 nitrogen and oxygen atoms in total. The second kappa shape index (κ2) is 1.70. The lowest BCUT2D eigenvalue weighted by Gasteiger charge is -1.78. The summed E-state index contributed by atoms with van der Waals surface area (Å²) in [6.45, 7) is 0. The Kier molecular flexibility index (Phi) is 0.990. The summed E-state index contributed by atoms with van der Waals surface area (Å²) in [5, 5.41) is 2.81. The predicted octanol–water partition coefficient (Wildman–Crippen LogP) is 1.83. The quantitative estimate of drug-likeness (QED) is 0.558. The van der Waals surface area contributed by atoms with E-state index < -0.39 is 0 Å². The summed E-state index contributed by atoms with van der Waals surface area (Å²) in [6.07, 6.45) is 3.43. The molecule has 0 unspecified atom stereocenters. The largest absolute Gasteiger partial charge is 0.370 e. The van der Waals surface area contributed by atoms with Crippen LogP contribution in [-0.4, -0.2) is 5.16 Å². The number of aryl methyl sites for hydroxylation is 1. The normalized spacial score (nSPS) is 16.0. The van der Waals surface area contributed by atoms with E-state index in [9.17, 15) is 0 Å². The lowest BCUT2D eigenvalue weighted by molar-refractivity contribution is 0.397. The molecule has 0 amide bonds. The second-order valence-corrected chi connectivity index (χ2v) is 2.67. The Labute approximate surface area is 57.8 Å². The molecule has 3 heteroatoms. The highest BCUT2D eigenvalue weighted by Crippen LogP contribution is 2.20. The minimum Gasteiger partial charge on any atom is -0.370 e. The zero-order valence-electron chi connectivity index (χ0n) is 4.94. The van der Waals surface area contributed by atoms with Crippen molar-refractivity contribution in [1.29, 1.82) is 0 Å². The number of fused-ring (bicyclic) bond motifs is 1. The van der Waals surface area contributed by atoms with E-state index in [2.05, 4.69) is 5.16 Å². The Morgan fingerprint density at radius 3 is 3.11 bits per heavy atom. The molecule has 1 aliphatic rings. The van der Waals surface area contributed by atoms with Crippen molar-refractivity contribution in [2.24, 2.45) is 0 Å². The van der Waals surface area contributed by atoms with Crippen LogP contribution in [-0.2, 0) is 12.8 Å². The zero-order valence-corrected chi connectivity index (χ0v) is 5.75. The van der Waals surface area contributed by atoms with Gasteiger partial charge in [-0.3, -0.25) is 0 Å². The maximum absolute atomic E-state index is 4.93. The van der Waals surface area contributed by atoms with Gasteiger partial charge in [0.2, 0.25) is 4.71 Å². The van der Waals surface area contributed by atoms with Crippen LogP contribution < -0.4 is 0 Å². The van der Waals surface area contributed by atoms with Crippen LogP contribution in [0.3, 0.4) is 0 Å². The van der Waals surface area contributed by atoms with Crippen LogP contribution in [0.2, 0.25) is 0 Å². The van der Waals surface area contributed by atoms with Crippen molar-refractivity contribution >= 4 is 12.2 Å². The number of aromatic amines is 1. The van der Waals surface area contributed by atoms with Gasteiger partial charge in [-0.2, -0.15) is 0 Å². The molecular formula is C6H7NOS. The van der Waals surface area contributed by atoms with E-state index in [1.807, 2.05) is 0 Å². The van der Waals surface area contributed by atoms with Gasteiger partial charge >= 0.3 is 0 Å². The number of nitrogens with one attached hydrogen (secondary N) is 1. The highest BCUT2D eigenvalue weighted by molar-refractivity contribution is 7.71.